The normalized spacial score (nSPS) is 16.0. The fourth-order valence-corrected chi connectivity index (χ4v) is 4.62. The van der Waals surface area contributed by atoms with Gasteiger partial charge in [0.05, 0.1) is 4.90 Å². The lowest BCUT2D eigenvalue weighted by atomic mass is 10.1. The van der Waals surface area contributed by atoms with Crippen LogP contribution in [0.25, 0.3) is 0 Å². The molecule has 1 fully saturated rings. The largest absolute Gasteiger partial charge is 0.492 e. The molecule has 0 unspecified atom stereocenters. The summed E-state index contributed by atoms with van der Waals surface area (Å²) < 4.78 is 33.5. The van der Waals surface area contributed by atoms with Gasteiger partial charge in [-0.1, -0.05) is 6.07 Å². The van der Waals surface area contributed by atoms with Gasteiger partial charge in [-0.15, -0.1) is 0 Å². The number of nitrogens with zero attached hydrogens (tertiary/aromatic N) is 1. The molecule has 1 aliphatic carbocycles. The van der Waals surface area contributed by atoms with Crippen molar-refractivity contribution >= 4 is 21.6 Å². The van der Waals surface area contributed by atoms with Crippen LogP contribution < -0.4 is 14.4 Å². The molecule has 6 nitrogen and oxygen atoms in total. The van der Waals surface area contributed by atoms with Crippen LogP contribution in [0, 0.1) is 19.8 Å². The topological polar surface area (TPSA) is 75.7 Å². The monoisotopic (exact) mass is 414 g/mol. The highest BCUT2D eigenvalue weighted by Gasteiger charge is 2.36. The molecule has 7 heteroatoms. The molecule has 0 bridgehead atoms. The van der Waals surface area contributed by atoms with Crippen LogP contribution in [-0.4, -0.2) is 34.0 Å². The Balaban J connectivity index is 1.36. The van der Waals surface area contributed by atoms with Gasteiger partial charge in [0.1, 0.15) is 12.4 Å². The summed E-state index contributed by atoms with van der Waals surface area (Å²) >= 11 is 0. The van der Waals surface area contributed by atoms with E-state index in [9.17, 15) is 13.2 Å². The lowest BCUT2D eigenvalue weighted by Crippen LogP contribution is -2.30. The van der Waals surface area contributed by atoms with Crippen LogP contribution in [0.5, 0.6) is 5.75 Å². The van der Waals surface area contributed by atoms with Crippen molar-refractivity contribution in [2.24, 2.45) is 5.92 Å². The second kappa shape index (κ2) is 7.80. The van der Waals surface area contributed by atoms with Crippen LogP contribution in [0.15, 0.2) is 41.3 Å². The van der Waals surface area contributed by atoms with Gasteiger partial charge < -0.3 is 9.64 Å². The maximum absolute atomic E-state index is 12.6. The van der Waals surface area contributed by atoms with Gasteiger partial charge in [-0.25, -0.2) is 13.1 Å². The summed E-state index contributed by atoms with van der Waals surface area (Å²) in [4.78, 5) is 14.4. The quantitative estimate of drug-likeness (QED) is 0.707. The van der Waals surface area contributed by atoms with Crippen molar-refractivity contribution < 1.29 is 17.9 Å². The Morgan fingerprint density at radius 2 is 1.93 bits per heavy atom. The van der Waals surface area contributed by atoms with Gasteiger partial charge in [0.2, 0.25) is 15.9 Å². The van der Waals surface area contributed by atoms with Gasteiger partial charge in [-0.05, 0) is 80.1 Å². The van der Waals surface area contributed by atoms with E-state index >= 15 is 0 Å². The Morgan fingerprint density at radius 1 is 1.14 bits per heavy atom. The predicted molar refractivity (Wildman–Crippen MR) is 112 cm³/mol. The number of ether oxygens (including phenoxy) is 1. The molecule has 1 amide bonds. The molecular weight excluding hydrogens is 388 g/mol. The molecule has 2 aromatic rings. The van der Waals surface area contributed by atoms with Gasteiger partial charge in [0.25, 0.3) is 0 Å². The molecule has 0 radical (unpaired) electrons. The second-order valence-corrected chi connectivity index (χ2v) is 9.56. The van der Waals surface area contributed by atoms with E-state index in [0.717, 1.165) is 35.4 Å². The van der Waals surface area contributed by atoms with Crippen molar-refractivity contribution in [2.45, 2.75) is 38.0 Å². The molecule has 2 aromatic carbocycles. The van der Waals surface area contributed by atoms with E-state index in [1.165, 1.54) is 5.56 Å². The molecule has 154 valence electrons. The number of carbonyl (C=O) groups excluding carboxylic acids is 1. The number of benzene rings is 2. The first-order chi connectivity index (χ1) is 13.8. The number of hydrogen-bond donors (Lipinski definition) is 1. The Labute approximate surface area is 171 Å². The molecule has 4 rings (SSSR count). The SMILES string of the molecule is Cc1ccc(OCCNS(=O)(=O)c2ccc3c(c2)CCN3C(=O)C2CC2)cc1C. The van der Waals surface area contributed by atoms with Crippen molar-refractivity contribution in [3.05, 3.63) is 53.1 Å². The van der Waals surface area contributed by atoms with Crippen LogP contribution >= 0.6 is 0 Å². The minimum Gasteiger partial charge on any atom is -0.492 e. The molecule has 0 spiro atoms. The van der Waals surface area contributed by atoms with Crippen molar-refractivity contribution in [1.82, 2.24) is 4.72 Å². The molecule has 1 N–H and O–H groups in total. The molecule has 1 aliphatic heterocycles. The summed E-state index contributed by atoms with van der Waals surface area (Å²) in [5.41, 5.74) is 4.08. The summed E-state index contributed by atoms with van der Waals surface area (Å²) in [5, 5.41) is 0. The Morgan fingerprint density at radius 3 is 2.66 bits per heavy atom. The number of aryl methyl sites for hydroxylation is 2. The summed E-state index contributed by atoms with van der Waals surface area (Å²) in [5.74, 6) is 1.05. The fraction of sp³-hybridized carbons (Fsp3) is 0.409. The standard InChI is InChI=1S/C22H26N2O4S/c1-15-3-6-19(13-16(15)2)28-12-10-23-29(26,27)20-7-8-21-18(14-20)9-11-24(21)22(25)17-4-5-17/h3,6-8,13-14,17,23H,4-5,9-12H2,1-2H3. The van der Waals surface area contributed by atoms with Gasteiger partial charge >= 0.3 is 0 Å². The number of sulfonamides is 1. The van der Waals surface area contributed by atoms with Crippen molar-refractivity contribution in [3.63, 3.8) is 0 Å². The first kappa shape index (κ1) is 19.9. The zero-order valence-corrected chi connectivity index (χ0v) is 17.6. The average Bonchev–Trinajstić information content (AvgIpc) is 3.46. The van der Waals surface area contributed by atoms with Crippen molar-refractivity contribution in [2.75, 3.05) is 24.6 Å². The van der Waals surface area contributed by atoms with Crippen LogP contribution in [0.4, 0.5) is 5.69 Å². The van der Waals surface area contributed by atoms with E-state index in [-0.39, 0.29) is 29.9 Å². The summed E-state index contributed by atoms with van der Waals surface area (Å²) in [6, 6.07) is 10.8. The molecule has 0 aromatic heterocycles. The van der Waals surface area contributed by atoms with E-state index in [0.29, 0.717) is 13.0 Å². The average molecular weight is 415 g/mol. The van der Waals surface area contributed by atoms with Crippen LogP contribution in [0.2, 0.25) is 0 Å². The molecule has 29 heavy (non-hydrogen) atoms. The Hall–Kier alpha value is -2.38. The molecule has 0 saturated heterocycles. The third-order valence-corrected chi connectivity index (χ3v) is 7.05. The number of carbonyl (C=O) groups is 1. The highest BCUT2D eigenvalue weighted by molar-refractivity contribution is 7.89. The predicted octanol–water partition coefficient (Wildman–Crippen LogP) is 2.96. The Kier molecular flexibility index (Phi) is 5.36. The van der Waals surface area contributed by atoms with Crippen molar-refractivity contribution in [3.8, 4) is 5.75 Å². The first-order valence-corrected chi connectivity index (χ1v) is 11.5. The van der Waals surface area contributed by atoms with Crippen LogP contribution in [0.3, 0.4) is 0 Å². The van der Waals surface area contributed by atoms with E-state index in [1.807, 2.05) is 32.0 Å². The smallest absolute Gasteiger partial charge is 0.240 e. The van der Waals surface area contributed by atoms with Crippen molar-refractivity contribution in [1.29, 1.82) is 0 Å². The maximum Gasteiger partial charge on any atom is 0.240 e. The fourth-order valence-electron chi connectivity index (χ4n) is 3.56. The summed E-state index contributed by atoms with van der Waals surface area (Å²) in [6.45, 7) is 5.10. The molecule has 2 aliphatic rings. The molecule has 1 saturated carbocycles. The number of anilines is 1. The van der Waals surface area contributed by atoms with E-state index in [2.05, 4.69) is 4.72 Å². The highest BCUT2D eigenvalue weighted by Crippen LogP contribution is 2.37. The molecule has 0 atom stereocenters. The minimum absolute atomic E-state index is 0.156. The number of amides is 1. The maximum atomic E-state index is 12.6. The third-order valence-electron chi connectivity index (χ3n) is 5.59. The zero-order valence-electron chi connectivity index (χ0n) is 16.8. The Bertz CT molecular complexity index is 1040. The van der Waals surface area contributed by atoms with Crippen LogP contribution in [-0.2, 0) is 21.2 Å². The zero-order chi connectivity index (χ0) is 20.6. The molecule has 1 heterocycles. The summed E-state index contributed by atoms with van der Waals surface area (Å²) in [6.07, 6.45) is 2.61. The lowest BCUT2D eigenvalue weighted by Gasteiger charge is -2.17. The highest BCUT2D eigenvalue weighted by atomic mass is 32.2. The van der Waals surface area contributed by atoms with Gasteiger partial charge in [0, 0.05) is 24.7 Å². The lowest BCUT2D eigenvalue weighted by molar-refractivity contribution is -0.119. The number of rotatable bonds is 7. The number of nitrogens with one attached hydrogen (secondary N) is 1. The van der Waals surface area contributed by atoms with E-state index < -0.39 is 10.0 Å². The van der Waals surface area contributed by atoms with E-state index in [4.69, 9.17) is 4.74 Å². The second-order valence-electron chi connectivity index (χ2n) is 7.80. The first-order valence-electron chi connectivity index (χ1n) is 9.99. The van der Waals surface area contributed by atoms with Gasteiger partial charge in [-0.3, -0.25) is 4.79 Å². The van der Waals surface area contributed by atoms with Gasteiger partial charge in [-0.2, -0.15) is 0 Å². The minimum atomic E-state index is -3.63. The van der Waals surface area contributed by atoms with E-state index in [1.54, 1.807) is 23.1 Å². The van der Waals surface area contributed by atoms with Gasteiger partial charge in [0.15, 0.2) is 0 Å². The number of hydrogen-bond acceptors (Lipinski definition) is 4. The molecular formula is C22H26N2O4S. The third kappa shape index (κ3) is 4.31. The summed E-state index contributed by atoms with van der Waals surface area (Å²) in [7, 11) is -3.63. The van der Waals surface area contributed by atoms with Crippen LogP contribution in [0.1, 0.15) is 29.5 Å². The number of fused-ring (bicyclic) bond motifs is 1.